The first-order valence-corrected chi connectivity index (χ1v) is 17.9. The van der Waals surface area contributed by atoms with E-state index < -0.39 is 0 Å². The predicted octanol–water partition coefficient (Wildman–Crippen LogP) is 11.1. The molecule has 1 amide bonds. The van der Waals surface area contributed by atoms with E-state index in [0.29, 0.717) is 30.7 Å². The largest absolute Gasteiger partial charge is 0.508 e. The van der Waals surface area contributed by atoms with Crippen LogP contribution in [-0.2, 0) is 14.3 Å². The standard InChI is InChI=1S/C31H46O2.C6H13NO.C2H4O2.C2H6/c1-7-9-10-11-12-13-14-15-16-17-28(26-18-19-30(32)29(22-26)23(3)4)31-24(5)20-27(33-8-2)21-25(31)6;1-3-4-5-7(2)6-8;1-4-2-3;1-2/h14-15,18-23,28,32H,7-13,16-17H2,1-6H3;6H,3-5H2,1-2H3;2H,1H3;1-2H3/b15-14-;;;. The number of amides is 1. The van der Waals surface area contributed by atoms with Crippen LogP contribution in [0.2, 0.25) is 0 Å². The van der Waals surface area contributed by atoms with Crippen molar-refractivity contribution >= 4 is 12.9 Å². The number of aromatic hydroxyl groups is 1. The molecule has 6 nitrogen and oxygen atoms in total. The highest BCUT2D eigenvalue weighted by Crippen LogP contribution is 2.38. The lowest BCUT2D eigenvalue weighted by Crippen LogP contribution is -2.16. The molecule has 268 valence electrons. The molecule has 0 radical (unpaired) electrons. The number of benzene rings is 2. The number of unbranched alkanes of at least 4 members (excludes halogenated alkanes) is 6. The van der Waals surface area contributed by atoms with Gasteiger partial charge in [-0.25, -0.2) is 0 Å². The molecule has 1 atom stereocenters. The van der Waals surface area contributed by atoms with E-state index in [0.717, 1.165) is 50.0 Å². The lowest BCUT2D eigenvalue weighted by Gasteiger charge is -2.24. The van der Waals surface area contributed by atoms with E-state index in [4.69, 9.17) is 9.53 Å². The van der Waals surface area contributed by atoms with Crippen molar-refractivity contribution in [2.24, 2.45) is 0 Å². The zero-order chi connectivity index (χ0) is 36.0. The first-order valence-electron chi connectivity index (χ1n) is 17.9. The highest BCUT2D eigenvalue weighted by molar-refractivity contribution is 5.49. The summed E-state index contributed by atoms with van der Waals surface area (Å²) in [6.45, 7) is 21.0. The zero-order valence-electron chi connectivity index (χ0n) is 31.9. The summed E-state index contributed by atoms with van der Waals surface area (Å²) in [5.41, 5.74) is 6.28. The van der Waals surface area contributed by atoms with Gasteiger partial charge in [-0.3, -0.25) is 9.59 Å². The van der Waals surface area contributed by atoms with Crippen molar-refractivity contribution in [2.45, 2.75) is 138 Å². The number of ether oxygens (including phenoxy) is 2. The SMILES string of the molecule is CC.CCCCCCC/C=C\CCC(c1ccc(O)c(C(C)C)c1)c1c(C)cc(OCC)cc1C.CCCCN(C)C=O.COC=O. The Bertz CT molecular complexity index is 1070. The Labute approximate surface area is 289 Å². The van der Waals surface area contributed by atoms with Gasteiger partial charge in [0.25, 0.3) is 6.47 Å². The minimum absolute atomic E-state index is 0.292. The number of hydrogen-bond donors (Lipinski definition) is 1. The van der Waals surface area contributed by atoms with E-state index in [9.17, 15) is 9.90 Å². The molecular weight excluding hydrogens is 586 g/mol. The maximum absolute atomic E-state index is 10.4. The third-order valence-corrected chi connectivity index (χ3v) is 7.71. The molecule has 0 bridgehead atoms. The van der Waals surface area contributed by atoms with Gasteiger partial charge in [0.05, 0.1) is 13.7 Å². The number of aryl methyl sites for hydroxylation is 2. The number of carbonyl (C=O) groups is 2. The Morgan fingerprint density at radius 3 is 1.94 bits per heavy atom. The topological polar surface area (TPSA) is 76.1 Å². The van der Waals surface area contributed by atoms with Crippen LogP contribution in [0.4, 0.5) is 0 Å². The summed E-state index contributed by atoms with van der Waals surface area (Å²) in [5.74, 6) is 1.94. The molecule has 0 aliphatic rings. The summed E-state index contributed by atoms with van der Waals surface area (Å²) in [6, 6.07) is 10.6. The molecule has 0 aromatic heterocycles. The molecule has 0 heterocycles. The van der Waals surface area contributed by atoms with Crippen molar-refractivity contribution in [2.75, 3.05) is 27.3 Å². The summed E-state index contributed by atoms with van der Waals surface area (Å²) in [6.07, 6.45) is 17.8. The first-order chi connectivity index (χ1) is 22.6. The van der Waals surface area contributed by atoms with E-state index in [1.165, 1.54) is 67.9 Å². The van der Waals surface area contributed by atoms with Crippen LogP contribution in [0.25, 0.3) is 0 Å². The van der Waals surface area contributed by atoms with Crippen molar-refractivity contribution in [3.05, 3.63) is 70.3 Å². The molecule has 2 aromatic carbocycles. The molecule has 6 heteroatoms. The number of hydrogen-bond acceptors (Lipinski definition) is 5. The number of carbonyl (C=O) groups excluding carboxylic acids is 2. The van der Waals surface area contributed by atoms with Crippen molar-refractivity contribution in [1.29, 1.82) is 0 Å². The van der Waals surface area contributed by atoms with Crippen LogP contribution in [0.15, 0.2) is 42.5 Å². The van der Waals surface area contributed by atoms with Crippen LogP contribution >= 0.6 is 0 Å². The Morgan fingerprint density at radius 2 is 1.43 bits per heavy atom. The maximum Gasteiger partial charge on any atom is 0.292 e. The van der Waals surface area contributed by atoms with Gasteiger partial charge in [-0.2, -0.15) is 0 Å². The Balaban J connectivity index is 0. The Kier molecular flexibility index (Phi) is 29.3. The fourth-order valence-electron chi connectivity index (χ4n) is 5.29. The third kappa shape index (κ3) is 20.5. The fourth-order valence-corrected chi connectivity index (χ4v) is 5.29. The predicted molar refractivity (Wildman–Crippen MR) is 201 cm³/mol. The fraction of sp³-hybridized carbons (Fsp3) is 0.610. The van der Waals surface area contributed by atoms with Crippen LogP contribution in [0.1, 0.15) is 152 Å². The van der Waals surface area contributed by atoms with Crippen LogP contribution in [0.3, 0.4) is 0 Å². The van der Waals surface area contributed by atoms with E-state index in [2.05, 4.69) is 82.7 Å². The van der Waals surface area contributed by atoms with Gasteiger partial charge in [0.1, 0.15) is 11.5 Å². The number of nitrogens with zero attached hydrogens (tertiary/aromatic N) is 1. The van der Waals surface area contributed by atoms with Crippen molar-refractivity contribution in [3.63, 3.8) is 0 Å². The molecule has 1 N–H and O–H groups in total. The van der Waals surface area contributed by atoms with Crippen LogP contribution in [0.5, 0.6) is 11.5 Å². The van der Waals surface area contributed by atoms with Crippen molar-refractivity contribution in [1.82, 2.24) is 4.90 Å². The van der Waals surface area contributed by atoms with Gasteiger partial charge >= 0.3 is 0 Å². The van der Waals surface area contributed by atoms with Gasteiger partial charge in [0.2, 0.25) is 6.41 Å². The molecule has 0 spiro atoms. The van der Waals surface area contributed by atoms with Crippen molar-refractivity contribution in [3.8, 4) is 11.5 Å². The average molecular weight is 656 g/mol. The summed E-state index contributed by atoms with van der Waals surface area (Å²) in [7, 11) is 3.11. The molecule has 0 fully saturated rings. The number of rotatable bonds is 19. The number of methoxy groups -OCH3 is 1. The molecular formula is C41H69NO5. The Morgan fingerprint density at radius 1 is 0.851 bits per heavy atom. The zero-order valence-corrected chi connectivity index (χ0v) is 31.9. The molecule has 1 unspecified atom stereocenters. The third-order valence-electron chi connectivity index (χ3n) is 7.71. The quantitative estimate of drug-likeness (QED) is 0.0926. The maximum atomic E-state index is 10.4. The normalized spacial score (nSPS) is 10.9. The molecule has 47 heavy (non-hydrogen) atoms. The summed E-state index contributed by atoms with van der Waals surface area (Å²) < 4.78 is 9.65. The van der Waals surface area contributed by atoms with Crippen LogP contribution < -0.4 is 4.74 Å². The molecule has 2 aromatic rings. The number of allylic oxidation sites excluding steroid dienone is 2. The lowest BCUT2D eigenvalue weighted by molar-refractivity contribution is -0.126. The van der Waals surface area contributed by atoms with Gasteiger partial charge in [-0.1, -0.05) is 97.9 Å². The number of phenols is 1. The monoisotopic (exact) mass is 656 g/mol. The van der Waals surface area contributed by atoms with E-state index in [1.54, 1.807) is 11.9 Å². The lowest BCUT2D eigenvalue weighted by atomic mass is 9.81. The first kappa shape index (κ1) is 45.8. The van der Waals surface area contributed by atoms with Gasteiger partial charge in [0, 0.05) is 19.5 Å². The molecule has 0 saturated carbocycles. The second kappa shape index (κ2) is 30.1. The van der Waals surface area contributed by atoms with E-state index in [1.807, 2.05) is 26.8 Å². The average Bonchev–Trinajstić information content (AvgIpc) is 3.06. The highest BCUT2D eigenvalue weighted by atomic mass is 16.5. The van der Waals surface area contributed by atoms with E-state index >= 15 is 0 Å². The Hall–Kier alpha value is -3.28. The minimum Gasteiger partial charge on any atom is -0.508 e. The summed E-state index contributed by atoms with van der Waals surface area (Å²) in [5, 5.41) is 10.4. The second-order valence-corrected chi connectivity index (χ2v) is 12.0. The van der Waals surface area contributed by atoms with Gasteiger partial charge in [-0.15, -0.1) is 0 Å². The summed E-state index contributed by atoms with van der Waals surface area (Å²) in [4.78, 5) is 20.5. The molecule has 0 saturated heterocycles. The summed E-state index contributed by atoms with van der Waals surface area (Å²) >= 11 is 0. The smallest absolute Gasteiger partial charge is 0.292 e. The second-order valence-electron chi connectivity index (χ2n) is 12.0. The molecule has 2 rings (SSSR count). The van der Waals surface area contributed by atoms with Crippen molar-refractivity contribution < 1.29 is 24.2 Å². The molecule has 0 aliphatic heterocycles. The number of phenolic OH excluding ortho intramolecular Hbond substituents is 1. The van der Waals surface area contributed by atoms with Crippen LogP contribution in [0, 0.1) is 13.8 Å². The van der Waals surface area contributed by atoms with Gasteiger partial charge in [-0.05, 0) is 105 Å². The van der Waals surface area contributed by atoms with E-state index in [-0.39, 0.29) is 0 Å². The van der Waals surface area contributed by atoms with Gasteiger partial charge < -0.3 is 19.5 Å². The minimum atomic E-state index is 0.292. The van der Waals surface area contributed by atoms with Gasteiger partial charge in [0.15, 0.2) is 0 Å². The highest BCUT2D eigenvalue weighted by Gasteiger charge is 2.21. The van der Waals surface area contributed by atoms with Crippen LogP contribution in [-0.4, -0.2) is 50.2 Å². The molecule has 0 aliphatic carbocycles.